The average Bonchev–Trinajstić information content (AvgIpc) is 2.94. The molecule has 0 fully saturated rings. The fourth-order valence-electron chi connectivity index (χ4n) is 3.29. The maximum Gasteiger partial charge on any atom is 0.138 e. The Kier molecular flexibility index (Phi) is 3.57. The Morgan fingerprint density at radius 1 is 1.30 bits per heavy atom. The first-order chi connectivity index (χ1) is 9.76. The van der Waals surface area contributed by atoms with Crippen LogP contribution in [-0.4, -0.2) is 21.3 Å². The van der Waals surface area contributed by atoms with Crippen LogP contribution in [0, 0.1) is 5.41 Å². The van der Waals surface area contributed by atoms with Gasteiger partial charge in [0, 0.05) is 13.0 Å². The summed E-state index contributed by atoms with van der Waals surface area (Å²) in [6, 6.07) is 8.73. The number of hydrogen-bond donors (Lipinski definition) is 1. The molecule has 0 spiro atoms. The van der Waals surface area contributed by atoms with Gasteiger partial charge in [0.2, 0.25) is 0 Å². The zero-order valence-corrected chi connectivity index (χ0v) is 12.0. The summed E-state index contributed by atoms with van der Waals surface area (Å²) in [5, 5.41) is 4.27. The molecule has 0 saturated carbocycles. The molecule has 1 aliphatic carbocycles. The molecule has 1 unspecified atom stereocenters. The van der Waals surface area contributed by atoms with Crippen LogP contribution in [0.15, 0.2) is 30.6 Å². The molecule has 4 heteroatoms. The SMILES string of the molecule is CCn1ncnc1CC1(CN)CCc2ccccc2C1. The number of benzene rings is 1. The Morgan fingerprint density at radius 3 is 2.85 bits per heavy atom. The monoisotopic (exact) mass is 270 g/mol. The van der Waals surface area contributed by atoms with E-state index in [-0.39, 0.29) is 5.41 Å². The lowest BCUT2D eigenvalue weighted by Gasteiger charge is -2.37. The Balaban J connectivity index is 1.87. The Labute approximate surface area is 120 Å². The maximum atomic E-state index is 6.15. The minimum Gasteiger partial charge on any atom is -0.330 e. The molecule has 1 aliphatic rings. The van der Waals surface area contributed by atoms with Crippen molar-refractivity contribution in [3.8, 4) is 0 Å². The van der Waals surface area contributed by atoms with Crippen molar-refractivity contribution in [1.29, 1.82) is 0 Å². The molecule has 0 aliphatic heterocycles. The number of aromatic nitrogens is 3. The van der Waals surface area contributed by atoms with Crippen molar-refractivity contribution in [2.24, 2.45) is 11.1 Å². The Bertz CT molecular complexity index is 590. The van der Waals surface area contributed by atoms with E-state index in [0.717, 1.165) is 38.1 Å². The largest absolute Gasteiger partial charge is 0.330 e. The van der Waals surface area contributed by atoms with Crippen molar-refractivity contribution >= 4 is 0 Å². The summed E-state index contributed by atoms with van der Waals surface area (Å²) in [6.45, 7) is 3.67. The van der Waals surface area contributed by atoms with Gasteiger partial charge in [0.1, 0.15) is 12.2 Å². The molecule has 1 aromatic heterocycles. The summed E-state index contributed by atoms with van der Waals surface area (Å²) in [5.41, 5.74) is 9.21. The molecule has 0 bridgehead atoms. The molecular weight excluding hydrogens is 248 g/mol. The molecule has 0 radical (unpaired) electrons. The lowest BCUT2D eigenvalue weighted by molar-refractivity contribution is 0.245. The van der Waals surface area contributed by atoms with E-state index < -0.39 is 0 Å². The minimum absolute atomic E-state index is 0.133. The van der Waals surface area contributed by atoms with Gasteiger partial charge in [0.25, 0.3) is 0 Å². The highest BCUT2D eigenvalue weighted by molar-refractivity contribution is 5.31. The third-order valence-electron chi connectivity index (χ3n) is 4.57. The number of nitrogens with zero attached hydrogens (tertiary/aromatic N) is 3. The molecule has 1 atom stereocenters. The van der Waals surface area contributed by atoms with Crippen molar-refractivity contribution in [3.05, 3.63) is 47.5 Å². The first-order valence-electron chi connectivity index (χ1n) is 7.40. The van der Waals surface area contributed by atoms with Gasteiger partial charge in [-0.05, 0) is 49.3 Å². The number of fused-ring (bicyclic) bond motifs is 1. The fraction of sp³-hybridized carbons (Fsp3) is 0.500. The highest BCUT2D eigenvalue weighted by atomic mass is 15.3. The van der Waals surface area contributed by atoms with Gasteiger partial charge < -0.3 is 5.73 Å². The second-order valence-corrected chi connectivity index (χ2v) is 5.82. The summed E-state index contributed by atoms with van der Waals surface area (Å²) in [7, 11) is 0. The van der Waals surface area contributed by atoms with Crippen LogP contribution >= 0.6 is 0 Å². The van der Waals surface area contributed by atoms with Gasteiger partial charge in [-0.15, -0.1) is 0 Å². The zero-order valence-electron chi connectivity index (χ0n) is 12.0. The smallest absolute Gasteiger partial charge is 0.138 e. The fourth-order valence-corrected chi connectivity index (χ4v) is 3.29. The van der Waals surface area contributed by atoms with Crippen LogP contribution in [0.4, 0.5) is 0 Å². The van der Waals surface area contributed by atoms with E-state index in [9.17, 15) is 0 Å². The predicted octanol–water partition coefficient (Wildman–Crippen LogP) is 1.97. The third kappa shape index (κ3) is 2.36. The summed E-state index contributed by atoms with van der Waals surface area (Å²) in [5.74, 6) is 1.07. The van der Waals surface area contributed by atoms with Gasteiger partial charge in [-0.1, -0.05) is 24.3 Å². The standard InChI is InChI=1S/C16H22N4/c1-2-20-15(18-12-19-20)10-16(11-17)8-7-13-5-3-4-6-14(13)9-16/h3-6,12H,2,7-11,17H2,1H3. The molecule has 20 heavy (non-hydrogen) atoms. The van der Waals surface area contributed by atoms with Gasteiger partial charge in [0.15, 0.2) is 0 Å². The van der Waals surface area contributed by atoms with Crippen LogP contribution < -0.4 is 5.73 Å². The number of hydrogen-bond acceptors (Lipinski definition) is 3. The summed E-state index contributed by atoms with van der Waals surface area (Å²) >= 11 is 0. The van der Waals surface area contributed by atoms with E-state index in [1.54, 1.807) is 6.33 Å². The number of aryl methyl sites for hydroxylation is 2. The van der Waals surface area contributed by atoms with Crippen LogP contribution in [-0.2, 0) is 25.8 Å². The van der Waals surface area contributed by atoms with Gasteiger partial charge in [0.05, 0.1) is 0 Å². The normalized spacial score (nSPS) is 21.7. The van der Waals surface area contributed by atoms with E-state index in [1.807, 2.05) is 4.68 Å². The van der Waals surface area contributed by atoms with Crippen LogP contribution in [0.3, 0.4) is 0 Å². The van der Waals surface area contributed by atoms with Crippen molar-refractivity contribution in [3.63, 3.8) is 0 Å². The lowest BCUT2D eigenvalue weighted by atomic mass is 9.69. The average molecular weight is 270 g/mol. The van der Waals surface area contributed by atoms with Crippen LogP contribution in [0.2, 0.25) is 0 Å². The summed E-state index contributed by atoms with van der Waals surface area (Å²) in [4.78, 5) is 4.43. The highest BCUT2D eigenvalue weighted by Crippen LogP contribution is 2.37. The zero-order chi connectivity index (χ0) is 14.0. The van der Waals surface area contributed by atoms with E-state index in [1.165, 1.54) is 11.1 Å². The first kappa shape index (κ1) is 13.3. The van der Waals surface area contributed by atoms with Gasteiger partial charge in [-0.3, -0.25) is 4.68 Å². The maximum absolute atomic E-state index is 6.15. The molecule has 2 N–H and O–H groups in total. The molecule has 1 heterocycles. The van der Waals surface area contributed by atoms with E-state index >= 15 is 0 Å². The second-order valence-electron chi connectivity index (χ2n) is 5.82. The van der Waals surface area contributed by atoms with Crippen molar-refractivity contribution in [2.75, 3.05) is 6.54 Å². The first-order valence-corrected chi connectivity index (χ1v) is 7.40. The van der Waals surface area contributed by atoms with Gasteiger partial charge >= 0.3 is 0 Å². The third-order valence-corrected chi connectivity index (χ3v) is 4.57. The highest BCUT2D eigenvalue weighted by Gasteiger charge is 2.34. The van der Waals surface area contributed by atoms with E-state index in [0.29, 0.717) is 6.54 Å². The molecule has 4 nitrogen and oxygen atoms in total. The summed E-state index contributed by atoms with van der Waals surface area (Å²) < 4.78 is 1.98. The van der Waals surface area contributed by atoms with E-state index in [2.05, 4.69) is 41.3 Å². The lowest BCUT2D eigenvalue weighted by Crippen LogP contribution is -2.39. The second kappa shape index (κ2) is 5.37. The van der Waals surface area contributed by atoms with Gasteiger partial charge in [-0.2, -0.15) is 5.10 Å². The molecule has 0 amide bonds. The molecule has 3 rings (SSSR count). The topological polar surface area (TPSA) is 56.7 Å². The van der Waals surface area contributed by atoms with E-state index in [4.69, 9.17) is 5.73 Å². The quantitative estimate of drug-likeness (QED) is 0.924. The van der Waals surface area contributed by atoms with Crippen LogP contribution in [0.25, 0.3) is 0 Å². The van der Waals surface area contributed by atoms with Crippen molar-refractivity contribution in [1.82, 2.24) is 14.8 Å². The number of nitrogens with two attached hydrogens (primary N) is 1. The van der Waals surface area contributed by atoms with Crippen molar-refractivity contribution in [2.45, 2.75) is 39.2 Å². The molecule has 2 aromatic rings. The van der Waals surface area contributed by atoms with Crippen molar-refractivity contribution < 1.29 is 0 Å². The molecule has 1 aromatic carbocycles. The van der Waals surface area contributed by atoms with Gasteiger partial charge in [-0.25, -0.2) is 4.98 Å². The van der Waals surface area contributed by atoms with Crippen LogP contribution in [0.1, 0.15) is 30.3 Å². The summed E-state index contributed by atoms with van der Waals surface area (Å²) in [6.07, 6.45) is 5.88. The Hall–Kier alpha value is -1.68. The molecular formula is C16H22N4. The van der Waals surface area contributed by atoms with Crippen LogP contribution in [0.5, 0.6) is 0 Å². The predicted molar refractivity (Wildman–Crippen MR) is 79.4 cm³/mol. The minimum atomic E-state index is 0.133. The number of rotatable bonds is 4. The Morgan fingerprint density at radius 2 is 2.10 bits per heavy atom. The molecule has 106 valence electrons. The molecule has 0 saturated heterocycles.